The fourth-order valence-electron chi connectivity index (χ4n) is 1.09. The Balaban J connectivity index is 2.21. The van der Waals surface area contributed by atoms with Crippen LogP contribution in [0.3, 0.4) is 0 Å². The van der Waals surface area contributed by atoms with E-state index in [1.165, 1.54) is 4.88 Å². The Kier molecular flexibility index (Phi) is 4.84. The molecule has 1 heterocycles. The molecule has 1 rings (SSSR count). The van der Waals surface area contributed by atoms with Gasteiger partial charge in [-0.2, -0.15) is 0 Å². The highest BCUT2D eigenvalue weighted by atomic mass is 32.1. The lowest BCUT2D eigenvalue weighted by atomic mass is 10.2. The smallest absolute Gasteiger partial charge is 0.0900 e. The van der Waals surface area contributed by atoms with Crippen LogP contribution in [0.2, 0.25) is 0 Å². The van der Waals surface area contributed by atoms with E-state index in [-0.39, 0.29) is 0 Å². The molecule has 2 nitrogen and oxygen atoms in total. The van der Waals surface area contributed by atoms with E-state index < -0.39 is 0 Å². The van der Waals surface area contributed by atoms with Crippen LogP contribution >= 0.6 is 11.3 Å². The maximum Gasteiger partial charge on any atom is 0.0900 e. The van der Waals surface area contributed by atoms with Crippen molar-refractivity contribution in [3.63, 3.8) is 0 Å². The summed E-state index contributed by atoms with van der Waals surface area (Å²) in [5, 5.41) is 4.48. The zero-order valence-electron chi connectivity index (χ0n) is 9.08. The van der Waals surface area contributed by atoms with Gasteiger partial charge in [0.1, 0.15) is 0 Å². The number of rotatable bonds is 5. The molecule has 0 unspecified atom stereocenters. The van der Waals surface area contributed by atoms with E-state index >= 15 is 0 Å². The third kappa shape index (κ3) is 4.53. The molecule has 0 saturated carbocycles. The van der Waals surface area contributed by atoms with Crippen molar-refractivity contribution in [3.05, 3.63) is 22.2 Å². The average molecular weight is 210 g/mol. The van der Waals surface area contributed by atoms with E-state index in [2.05, 4.69) is 36.3 Å². The normalized spacial score (nSPS) is 11.7. The fraction of sp³-hybridized carbons (Fsp3) is 0.545. The monoisotopic (exact) mass is 210 g/mol. The molecule has 0 atom stereocenters. The molecule has 0 bridgehead atoms. The van der Waals surface area contributed by atoms with E-state index in [1.54, 1.807) is 11.3 Å². The van der Waals surface area contributed by atoms with Crippen LogP contribution in [0.5, 0.6) is 0 Å². The highest BCUT2D eigenvalue weighted by Crippen LogP contribution is 2.12. The molecule has 0 radical (unpaired) electrons. The molecule has 0 spiro atoms. The molecule has 1 aromatic rings. The first kappa shape index (κ1) is 11.4. The van der Waals surface area contributed by atoms with E-state index in [9.17, 15) is 0 Å². The maximum atomic E-state index is 4.19. The van der Waals surface area contributed by atoms with Gasteiger partial charge < -0.3 is 5.32 Å². The summed E-state index contributed by atoms with van der Waals surface area (Å²) in [6.45, 7) is 8.47. The quantitative estimate of drug-likeness (QED) is 0.756. The SMILES string of the molecule is Cc1ncc(C=CCNCC(C)C)s1. The highest BCUT2D eigenvalue weighted by molar-refractivity contribution is 7.12. The molecule has 0 aliphatic rings. The van der Waals surface area contributed by atoms with Crippen molar-refractivity contribution in [3.8, 4) is 0 Å². The molecule has 1 N–H and O–H groups in total. The fourth-order valence-corrected chi connectivity index (χ4v) is 1.80. The summed E-state index contributed by atoms with van der Waals surface area (Å²) in [5.74, 6) is 0.717. The predicted octanol–water partition coefficient (Wildman–Crippen LogP) is 2.71. The van der Waals surface area contributed by atoms with Crippen molar-refractivity contribution in [2.24, 2.45) is 5.92 Å². The van der Waals surface area contributed by atoms with Crippen LogP contribution in [0.4, 0.5) is 0 Å². The van der Waals surface area contributed by atoms with Crippen molar-refractivity contribution in [1.82, 2.24) is 10.3 Å². The lowest BCUT2D eigenvalue weighted by Gasteiger charge is -2.03. The summed E-state index contributed by atoms with van der Waals surface area (Å²) in [5.41, 5.74) is 0. The molecular weight excluding hydrogens is 192 g/mol. The van der Waals surface area contributed by atoms with Gasteiger partial charge in [-0.05, 0) is 25.5 Å². The molecule has 14 heavy (non-hydrogen) atoms. The topological polar surface area (TPSA) is 24.9 Å². The van der Waals surface area contributed by atoms with Gasteiger partial charge in [-0.25, -0.2) is 4.98 Å². The van der Waals surface area contributed by atoms with Gasteiger partial charge in [0.05, 0.1) is 5.01 Å². The van der Waals surface area contributed by atoms with Crippen LogP contribution in [0.25, 0.3) is 6.08 Å². The lowest BCUT2D eigenvalue weighted by molar-refractivity contribution is 0.577. The molecule has 0 aromatic carbocycles. The third-order valence-corrected chi connectivity index (χ3v) is 2.61. The molecule has 0 aliphatic heterocycles. The van der Waals surface area contributed by atoms with E-state index in [4.69, 9.17) is 0 Å². The summed E-state index contributed by atoms with van der Waals surface area (Å²) in [6, 6.07) is 0. The van der Waals surface area contributed by atoms with Gasteiger partial charge in [-0.1, -0.05) is 19.9 Å². The van der Waals surface area contributed by atoms with E-state index in [0.717, 1.165) is 18.1 Å². The molecule has 0 aliphatic carbocycles. The zero-order chi connectivity index (χ0) is 10.4. The summed E-state index contributed by atoms with van der Waals surface area (Å²) in [4.78, 5) is 5.42. The first-order chi connectivity index (χ1) is 6.68. The lowest BCUT2D eigenvalue weighted by Crippen LogP contribution is -2.19. The van der Waals surface area contributed by atoms with Crippen LogP contribution < -0.4 is 5.32 Å². The predicted molar refractivity (Wildman–Crippen MR) is 63.6 cm³/mol. The minimum absolute atomic E-state index is 0.717. The molecule has 0 fully saturated rings. The second-order valence-electron chi connectivity index (χ2n) is 3.74. The second-order valence-corrected chi connectivity index (χ2v) is 5.00. The summed E-state index contributed by atoms with van der Waals surface area (Å²) >= 11 is 1.73. The van der Waals surface area contributed by atoms with Crippen molar-refractivity contribution in [1.29, 1.82) is 0 Å². The molecule has 1 aromatic heterocycles. The average Bonchev–Trinajstić information content (AvgIpc) is 2.50. The van der Waals surface area contributed by atoms with Crippen LogP contribution in [-0.4, -0.2) is 18.1 Å². The zero-order valence-corrected chi connectivity index (χ0v) is 9.90. The second kappa shape index (κ2) is 5.94. The van der Waals surface area contributed by atoms with Crippen LogP contribution in [0, 0.1) is 12.8 Å². The van der Waals surface area contributed by atoms with Gasteiger partial charge in [0.2, 0.25) is 0 Å². The minimum Gasteiger partial charge on any atom is -0.313 e. The summed E-state index contributed by atoms with van der Waals surface area (Å²) in [6.07, 6.45) is 6.19. The van der Waals surface area contributed by atoms with Crippen molar-refractivity contribution in [2.45, 2.75) is 20.8 Å². The molecule has 0 saturated heterocycles. The Morgan fingerprint density at radius 2 is 2.36 bits per heavy atom. The summed E-state index contributed by atoms with van der Waals surface area (Å²) < 4.78 is 0. The Morgan fingerprint density at radius 3 is 2.93 bits per heavy atom. The molecular formula is C11H18N2S. The molecule has 78 valence electrons. The van der Waals surface area contributed by atoms with Crippen molar-refractivity contribution >= 4 is 17.4 Å². The van der Waals surface area contributed by atoms with Crippen LogP contribution in [0.1, 0.15) is 23.7 Å². The Hall–Kier alpha value is -0.670. The number of thiazole rings is 1. The maximum absolute atomic E-state index is 4.19. The van der Waals surface area contributed by atoms with Gasteiger partial charge in [-0.3, -0.25) is 0 Å². The third-order valence-electron chi connectivity index (χ3n) is 1.74. The van der Waals surface area contributed by atoms with Crippen molar-refractivity contribution < 1.29 is 0 Å². The van der Waals surface area contributed by atoms with Gasteiger partial charge >= 0.3 is 0 Å². The number of hydrogen-bond donors (Lipinski definition) is 1. The van der Waals surface area contributed by atoms with Gasteiger partial charge in [0.15, 0.2) is 0 Å². The van der Waals surface area contributed by atoms with Crippen molar-refractivity contribution in [2.75, 3.05) is 13.1 Å². The van der Waals surface area contributed by atoms with Gasteiger partial charge in [0, 0.05) is 17.6 Å². The standard InChI is InChI=1S/C11H18N2S/c1-9(2)7-12-6-4-5-11-8-13-10(3)14-11/h4-5,8-9,12H,6-7H2,1-3H3. The van der Waals surface area contributed by atoms with E-state index in [0.29, 0.717) is 5.92 Å². The number of aryl methyl sites for hydroxylation is 1. The van der Waals surface area contributed by atoms with Crippen LogP contribution in [0.15, 0.2) is 12.3 Å². The first-order valence-corrected chi connectivity index (χ1v) is 5.80. The Labute approximate surface area is 90.1 Å². The molecule has 3 heteroatoms. The number of nitrogens with zero attached hydrogens (tertiary/aromatic N) is 1. The number of hydrogen-bond acceptors (Lipinski definition) is 3. The Bertz CT molecular complexity index is 289. The minimum atomic E-state index is 0.717. The largest absolute Gasteiger partial charge is 0.313 e. The molecule has 0 amide bonds. The van der Waals surface area contributed by atoms with Crippen LogP contribution in [-0.2, 0) is 0 Å². The van der Waals surface area contributed by atoms with Gasteiger partial charge in [0.25, 0.3) is 0 Å². The Morgan fingerprint density at radius 1 is 1.57 bits per heavy atom. The number of aromatic nitrogens is 1. The first-order valence-electron chi connectivity index (χ1n) is 4.98. The van der Waals surface area contributed by atoms with Gasteiger partial charge in [-0.15, -0.1) is 11.3 Å². The highest BCUT2D eigenvalue weighted by Gasteiger charge is 1.92. The van der Waals surface area contributed by atoms with E-state index in [1.807, 2.05) is 13.1 Å². The summed E-state index contributed by atoms with van der Waals surface area (Å²) in [7, 11) is 0. The number of nitrogens with one attached hydrogen (secondary N) is 1.